The van der Waals surface area contributed by atoms with Gasteiger partial charge in [0, 0.05) is 24.2 Å². The highest BCUT2D eigenvalue weighted by Crippen LogP contribution is 2.45. The maximum atomic E-state index is 11.2. The largest absolute Gasteiger partial charge is 0.478 e. The lowest BCUT2D eigenvalue weighted by atomic mass is 9.73. The molecule has 1 saturated heterocycles. The van der Waals surface area contributed by atoms with Gasteiger partial charge >= 0.3 is 5.97 Å². The average molecular weight is 273 g/mol. The molecule has 0 radical (unpaired) electrons. The van der Waals surface area contributed by atoms with Gasteiger partial charge in [-0.2, -0.15) is 0 Å². The minimum atomic E-state index is -0.825. The third kappa shape index (κ3) is 2.30. The van der Waals surface area contributed by atoms with E-state index < -0.39 is 5.97 Å². The first kappa shape index (κ1) is 13.5. The quantitative estimate of drug-likeness (QED) is 0.889. The normalized spacial score (nSPS) is 21.4. The fourth-order valence-electron chi connectivity index (χ4n) is 3.93. The SMILES string of the molecule is Cc1c(C(=O)O)cccc1N1CC2(CCCCCC2)C1. The molecular weight excluding hydrogens is 250 g/mol. The summed E-state index contributed by atoms with van der Waals surface area (Å²) in [6.07, 6.45) is 8.19. The van der Waals surface area contributed by atoms with Gasteiger partial charge in [0.2, 0.25) is 0 Å². The summed E-state index contributed by atoms with van der Waals surface area (Å²) in [6.45, 7) is 4.14. The monoisotopic (exact) mass is 273 g/mol. The first-order chi connectivity index (χ1) is 9.61. The van der Waals surface area contributed by atoms with Gasteiger partial charge in [0.25, 0.3) is 0 Å². The standard InChI is InChI=1S/C17H23NO2/c1-13-14(16(19)20)7-6-8-15(13)18-11-17(12-18)9-4-2-3-5-10-17/h6-8H,2-5,9-12H2,1H3,(H,19,20). The molecule has 0 unspecified atom stereocenters. The van der Waals surface area contributed by atoms with Crippen LogP contribution in [0.4, 0.5) is 5.69 Å². The van der Waals surface area contributed by atoms with E-state index in [0.717, 1.165) is 24.3 Å². The molecule has 20 heavy (non-hydrogen) atoms. The fraction of sp³-hybridized carbons (Fsp3) is 0.588. The zero-order chi connectivity index (χ0) is 14.2. The number of aromatic carboxylic acids is 1. The van der Waals surface area contributed by atoms with Crippen molar-refractivity contribution in [1.29, 1.82) is 0 Å². The van der Waals surface area contributed by atoms with Crippen molar-refractivity contribution in [2.45, 2.75) is 45.4 Å². The summed E-state index contributed by atoms with van der Waals surface area (Å²) < 4.78 is 0. The van der Waals surface area contributed by atoms with E-state index in [0.29, 0.717) is 11.0 Å². The highest BCUT2D eigenvalue weighted by molar-refractivity contribution is 5.91. The molecular formula is C17H23NO2. The third-order valence-electron chi connectivity index (χ3n) is 5.09. The van der Waals surface area contributed by atoms with Crippen LogP contribution in [0.15, 0.2) is 18.2 Å². The van der Waals surface area contributed by atoms with Crippen molar-refractivity contribution >= 4 is 11.7 Å². The van der Waals surface area contributed by atoms with Crippen LogP contribution in [0.2, 0.25) is 0 Å². The Labute approximate surface area is 120 Å². The molecule has 0 amide bonds. The van der Waals surface area contributed by atoms with Gasteiger partial charge < -0.3 is 10.0 Å². The molecule has 108 valence electrons. The lowest BCUT2D eigenvalue weighted by Gasteiger charge is -2.52. The maximum Gasteiger partial charge on any atom is 0.336 e. The smallest absolute Gasteiger partial charge is 0.336 e. The number of carboxylic acids is 1. The summed E-state index contributed by atoms with van der Waals surface area (Å²) in [5.41, 5.74) is 2.97. The number of rotatable bonds is 2. The van der Waals surface area contributed by atoms with Gasteiger partial charge in [-0.25, -0.2) is 4.79 Å². The molecule has 0 atom stereocenters. The minimum Gasteiger partial charge on any atom is -0.478 e. The van der Waals surface area contributed by atoms with E-state index in [1.54, 1.807) is 6.07 Å². The summed E-state index contributed by atoms with van der Waals surface area (Å²) >= 11 is 0. The van der Waals surface area contributed by atoms with Crippen molar-refractivity contribution in [3.8, 4) is 0 Å². The van der Waals surface area contributed by atoms with Gasteiger partial charge in [-0.05, 0) is 37.5 Å². The molecule has 3 heteroatoms. The summed E-state index contributed by atoms with van der Waals surface area (Å²) in [5.74, 6) is -0.825. The molecule has 1 aromatic rings. The molecule has 0 bridgehead atoms. The van der Waals surface area contributed by atoms with Crippen LogP contribution in [0.25, 0.3) is 0 Å². The highest BCUT2D eigenvalue weighted by atomic mass is 16.4. The molecule has 2 fully saturated rings. The van der Waals surface area contributed by atoms with Crippen molar-refractivity contribution < 1.29 is 9.90 Å². The van der Waals surface area contributed by atoms with Gasteiger partial charge in [0.15, 0.2) is 0 Å². The third-order valence-corrected chi connectivity index (χ3v) is 5.09. The first-order valence-electron chi connectivity index (χ1n) is 7.69. The van der Waals surface area contributed by atoms with Crippen molar-refractivity contribution in [3.63, 3.8) is 0 Å². The van der Waals surface area contributed by atoms with Gasteiger partial charge in [0.05, 0.1) is 5.56 Å². The Morgan fingerprint density at radius 2 is 1.80 bits per heavy atom. The van der Waals surface area contributed by atoms with Crippen molar-refractivity contribution in [1.82, 2.24) is 0 Å². The van der Waals surface area contributed by atoms with Crippen molar-refractivity contribution in [2.24, 2.45) is 5.41 Å². The highest BCUT2D eigenvalue weighted by Gasteiger charge is 2.43. The van der Waals surface area contributed by atoms with E-state index in [9.17, 15) is 9.90 Å². The lowest BCUT2D eigenvalue weighted by molar-refractivity contribution is 0.0696. The molecule has 1 spiro atoms. The van der Waals surface area contributed by atoms with Crippen LogP contribution in [-0.2, 0) is 0 Å². The second-order valence-electron chi connectivity index (χ2n) is 6.53. The van der Waals surface area contributed by atoms with Crippen LogP contribution in [-0.4, -0.2) is 24.2 Å². The number of carbonyl (C=O) groups is 1. The maximum absolute atomic E-state index is 11.2. The Morgan fingerprint density at radius 1 is 1.15 bits per heavy atom. The van der Waals surface area contributed by atoms with Crippen LogP contribution >= 0.6 is 0 Å². The molecule has 3 nitrogen and oxygen atoms in total. The number of carboxylic acid groups (broad SMARTS) is 1. The van der Waals surface area contributed by atoms with E-state index in [1.165, 1.54) is 38.5 Å². The predicted octanol–water partition coefficient (Wildman–Crippen LogP) is 3.85. The molecule has 2 aliphatic rings. The topological polar surface area (TPSA) is 40.5 Å². The molecule has 1 N–H and O–H groups in total. The van der Waals surface area contributed by atoms with E-state index >= 15 is 0 Å². The number of hydrogen-bond acceptors (Lipinski definition) is 2. The van der Waals surface area contributed by atoms with Crippen LogP contribution in [0.3, 0.4) is 0 Å². The molecule has 1 aromatic carbocycles. The lowest BCUT2D eigenvalue weighted by Crippen LogP contribution is -2.56. The Hall–Kier alpha value is -1.51. The zero-order valence-electron chi connectivity index (χ0n) is 12.2. The molecule has 0 aromatic heterocycles. The zero-order valence-corrected chi connectivity index (χ0v) is 12.2. The Kier molecular flexibility index (Phi) is 3.45. The van der Waals surface area contributed by atoms with Gasteiger partial charge in [-0.15, -0.1) is 0 Å². The summed E-state index contributed by atoms with van der Waals surface area (Å²) in [4.78, 5) is 13.6. The molecule has 1 aliphatic carbocycles. The van der Waals surface area contributed by atoms with Crippen LogP contribution in [0, 0.1) is 12.3 Å². The fourth-order valence-corrected chi connectivity index (χ4v) is 3.93. The summed E-state index contributed by atoms with van der Waals surface area (Å²) in [6, 6.07) is 5.62. The van der Waals surface area contributed by atoms with Crippen molar-refractivity contribution in [2.75, 3.05) is 18.0 Å². The summed E-state index contributed by atoms with van der Waals surface area (Å²) in [7, 11) is 0. The molecule has 1 saturated carbocycles. The molecule has 1 heterocycles. The summed E-state index contributed by atoms with van der Waals surface area (Å²) in [5, 5.41) is 9.22. The predicted molar refractivity (Wildman–Crippen MR) is 80.5 cm³/mol. The van der Waals surface area contributed by atoms with E-state index in [4.69, 9.17) is 0 Å². The first-order valence-corrected chi connectivity index (χ1v) is 7.69. The number of benzene rings is 1. The van der Waals surface area contributed by atoms with Gasteiger partial charge in [0.1, 0.15) is 0 Å². The number of hydrogen-bond donors (Lipinski definition) is 1. The molecule has 1 aliphatic heterocycles. The minimum absolute atomic E-state index is 0.435. The second kappa shape index (κ2) is 5.12. The van der Waals surface area contributed by atoms with Crippen LogP contribution in [0.5, 0.6) is 0 Å². The Balaban J connectivity index is 1.76. The Bertz CT molecular complexity index is 508. The van der Waals surface area contributed by atoms with Crippen LogP contribution < -0.4 is 4.90 Å². The van der Waals surface area contributed by atoms with Gasteiger partial charge in [-0.1, -0.05) is 31.7 Å². The van der Waals surface area contributed by atoms with Gasteiger partial charge in [-0.3, -0.25) is 0 Å². The number of anilines is 1. The van der Waals surface area contributed by atoms with Crippen molar-refractivity contribution in [3.05, 3.63) is 29.3 Å². The number of nitrogens with zero attached hydrogens (tertiary/aromatic N) is 1. The van der Waals surface area contributed by atoms with Crippen LogP contribution in [0.1, 0.15) is 54.4 Å². The molecule has 3 rings (SSSR count). The van der Waals surface area contributed by atoms with E-state index in [2.05, 4.69) is 11.0 Å². The Morgan fingerprint density at radius 3 is 2.40 bits per heavy atom. The van der Waals surface area contributed by atoms with E-state index in [-0.39, 0.29) is 0 Å². The second-order valence-corrected chi connectivity index (χ2v) is 6.53. The average Bonchev–Trinajstić information content (AvgIpc) is 2.63. The van der Waals surface area contributed by atoms with E-state index in [1.807, 2.05) is 13.0 Å².